The van der Waals surface area contributed by atoms with Crippen LogP contribution in [0, 0.1) is 0 Å². The predicted octanol–water partition coefficient (Wildman–Crippen LogP) is 0.298. The lowest BCUT2D eigenvalue weighted by molar-refractivity contribution is -0.159. The van der Waals surface area contributed by atoms with Crippen LogP contribution in [0.25, 0.3) is 0 Å². The molecule has 1 fully saturated rings. The Morgan fingerprint density at radius 2 is 1.36 bits per heavy atom. The van der Waals surface area contributed by atoms with E-state index in [1.807, 2.05) is 0 Å². The minimum Gasteiger partial charge on any atom is -0.473 e. The van der Waals surface area contributed by atoms with Gasteiger partial charge >= 0.3 is 11.9 Å². The van der Waals surface area contributed by atoms with Crippen LogP contribution in [0.1, 0.15) is 33.6 Å². The van der Waals surface area contributed by atoms with Gasteiger partial charge in [0, 0.05) is 32.2 Å². The Kier molecular flexibility index (Phi) is 9.22. The number of carboxylic acids is 2. The van der Waals surface area contributed by atoms with E-state index >= 15 is 0 Å². The molecule has 1 heterocycles. The summed E-state index contributed by atoms with van der Waals surface area (Å²) in [6.07, 6.45) is 2.30. The average Bonchev–Trinajstić information content (AvgIpc) is 2.49. The molecule has 0 unspecified atom stereocenters. The fraction of sp³-hybridized carbons (Fsp3) is 0.846. The third kappa shape index (κ3) is 6.71. The molecule has 22 heavy (non-hydrogen) atoms. The highest BCUT2D eigenvalue weighted by atomic mass is 32.2. The Hall–Kier alpha value is -1.19. The van der Waals surface area contributed by atoms with Crippen molar-refractivity contribution in [2.75, 3.05) is 31.9 Å². The third-order valence-electron chi connectivity index (χ3n) is 3.67. The molecule has 2 N–H and O–H groups in total. The number of rotatable bonds is 5. The lowest BCUT2D eigenvalue weighted by Crippen LogP contribution is -2.51. The number of nitrogens with zero attached hydrogens (tertiary/aromatic N) is 2. The zero-order valence-electron chi connectivity index (χ0n) is 13.4. The quantitative estimate of drug-likeness (QED) is 0.693. The van der Waals surface area contributed by atoms with E-state index in [1.165, 1.54) is 0 Å². The maximum absolute atomic E-state index is 11.7. The first-order chi connectivity index (χ1) is 10.2. The summed E-state index contributed by atoms with van der Waals surface area (Å²) in [6.45, 7) is 9.19. The van der Waals surface area contributed by atoms with E-state index in [0.29, 0.717) is 19.1 Å². The molecule has 1 saturated heterocycles. The molecule has 0 saturated carbocycles. The van der Waals surface area contributed by atoms with Crippen molar-refractivity contribution in [3.63, 3.8) is 0 Å². The fourth-order valence-electron chi connectivity index (χ4n) is 2.33. The monoisotopic (exact) mass is 338 g/mol. The van der Waals surface area contributed by atoms with Crippen molar-refractivity contribution in [1.82, 2.24) is 9.21 Å². The number of carboxylic acid groups (broad SMARTS) is 2. The maximum atomic E-state index is 11.7. The second-order valence-electron chi connectivity index (χ2n) is 4.92. The van der Waals surface area contributed by atoms with Crippen LogP contribution >= 0.6 is 0 Å². The molecule has 0 aromatic carbocycles. The van der Waals surface area contributed by atoms with Gasteiger partial charge in [0.15, 0.2) is 0 Å². The van der Waals surface area contributed by atoms with Gasteiger partial charge in [0.05, 0.1) is 5.75 Å². The van der Waals surface area contributed by atoms with Crippen LogP contribution in [0.4, 0.5) is 0 Å². The summed E-state index contributed by atoms with van der Waals surface area (Å²) in [4.78, 5) is 20.6. The van der Waals surface area contributed by atoms with Gasteiger partial charge in [0.25, 0.3) is 0 Å². The molecule has 1 aliphatic rings. The van der Waals surface area contributed by atoms with E-state index in [4.69, 9.17) is 19.8 Å². The lowest BCUT2D eigenvalue weighted by Gasteiger charge is -2.38. The van der Waals surface area contributed by atoms with Crippen LogP contribution in [-0.2, 0) is 19.6 Å². The van der Waals surface area contributed by atoms with Gasteiger partial charge in [-0.25, -0.2) is 18.0 Å². The van der Waals surface area contributed by atoms with Crippen LogP contribution in [0.2, 0.25) is 0 Å². The van der Waals surface area contributed by atoms with Gasteiger partial charge in [-0.15, -0.1) is 0 Å². The molecule has 0 aromatic rings. The first-order valence-electron chi connectivity index (χ1n) is 7.37. The van der Waals surface area contributed by atoms with Crippen molar-refractivity contribution in [2.24, 2.45) is 0 Å². The van der Waals surface area contributed by atoms with Gasteiger partial charge in [-0.05, 0) is 19.8 Å². The molecule has 9 heteroatoms. The van der Waals surface area contributed by atoms with Gasteiger partial charge in [0.1, 0.15) is 0 Å². The second kappa shape index (κ2) is 9.75. The fourth-order valence-corrected chi connectivity index (χ4v) is 3.42. The molecule has 130 valence electrons. The first-order valence-corrected chi connectivity index (χ1v) is 8.98. The summed E-state index contributed by atoms with van der Waals surface area (Å²) in [7, 11) is -2.98. The molecule has 0 amide bonds. The lowest BCUT2D eigenvalue weighted by atomic mass is 10.1. The highest BCUT2D eigenvalue weighted by Crippen LogP contribution is 2.14. The number of hydrogen-bond donors (Lipinski definition) is 2. The van der Waals surface area contributed by atoms with Crippen molar-refractivity contribution < 1.29 is 28.2 Å². The Bertz CT molecular complexity index is 441. The minimum absolute atomic E-state index is 0.220. The summed E-state index contributed by atoms with van der Waals surface area (Å²) in [5.41, 5.74) is 0. The van der Waals surface area contributed by atoms with Crippen LogP contribution in [-0.4, -0.2) is 77.7 Å². The Balaban J connectivity index is 0.000000626. The molecular weight excluding hydrogens is 312 g/mol. The average molecular weight is 338 g/mol. The van der Waals surface area contributed by atoms with Crippen LogP contribution in [0.15, 0.2) is 0 Å². The molecule has 0 aliphatic carbocycles. The minimum atomic E-state index is -2.98. The first kappa shape index (κ1) is 20.8. The maximum Gasteiger partial charge on any atom is 0.414 e. The highest BCUT2D eigenvalue weighted by Gasteiger charge is 2.27. The van der Waals surface area contributed by atoms with Crippen molar-refractivity contribution >= 4 is 22.0 Å². The van der Waals surface area contributed by atoms with Gasteiger partial charge < -0.3 is 10.2 Å². The van der Waals surface area contributed by atoms with Gasteiger partial charge in [-0.3, -0.25) is 4.90 Å². The second-order valence-corrected chi connectivity index (χ2v) is 7.17. The van der Waals surface area contributed by atoms with Crippen LogP contribution in [0.5, 0.6) is 0 Å². The summed E-state index contributed by atoms with van der Waals surface area (Å²) >= 11 is 0. The van der Waals surface area contributed by atoms with E-state index in [1.54, 1.807) is 11.2 Å². The van der Waals surface area contributed by atoms with Crippen molar-refractivity contribution in [2.45, 2.75) is 39.7 Å². The summed E-state index contributed by atoms with van der Waals surface area (Å²) in [5.74, 6) is -3.43. The van der Waals surface area contributed by atoms with E-state index in [-0.39, 0.29) is 5.75 Å². The van der Waals surface area contributed by atoms with Gasteiger partial charge in [0.2, 0.25) is 10.0 Å². The molecule has 0 spiro atoms. The van der Waals surface area contributed by atoms with Gasteiger partial charge in [-0.1, -0.05) is 13.8 Å². The molecule has 0 radical (unpaired) electrons. The topological polar surface area (TPSA) is 115 Å². The van der Waals surface area contributed by atoms with E-state index in [2.05, 4.69) is 18.7 Å². The summed E-state index contributed by atoms with van der Waals surface area (Å²) in [6, 6.07) is 0.617. The number of aliphatic carboxylic acids is 2. The highest BCUT2D eigenvalue weighted by molar-refractivity contribution is 7.89. The van der Waals surface area contributed by atoms with Gasteiger partial charge in [-0.2, -0.15) is 4.31 Å². The molecule has 1 rings (SSSR count). The van der Waals surface area contributed by atoms with Crippen molar-refractivity contribution in [1.29, 1.82) is 0 Å². The van der Waals surface area contributed by atoms with E-state index < -0.39 is 22.0 Å². The standard InChI is InChI=1S/C11H24N2O2S.C2H2O4/c1-4-11(5-2)12-7-9-13(10-8-12)16(14,15)6-3;3-1(4)2(5)6/h11H,4-10H2,1-3H3;(H,3,4)(H,5,6). The van der Waals surface area contributed by atoms with E-state index in [9.17, 15) is 8.42 Å². The zero-order valence-corrected chi connectivity index (χ0v) is 14.2. The molecule has 1 aliphatic heterocycles. The Morgan fingerprint density at radius 1 is 0.955 bits per heavy atom. The Labute approximate surface area is 131 Å². The number of carbonyl (C=O) groups is 2. The van der Waals surface area contributed by atoms with Crippen LogP contribution < -0.4 is 0 Å². The Morgan fingerprint density at radius 3 is 1.64 bits per heavy atom. The zero-order chi connectivity index (χ0) is 17.3. The van der Waals surface area contributed by atoms with Crippen molar-refractivity contribution in [3.8, 4) is 0 Å². The largest absolute Gasteiger partial charge is 0.473 e. The molecule has 0 aromatic heterocycles. The van der Waals surface area contributed by atoms with Crippen molar-refractivity contribution in [3.05, 3.63) is 0 Å². The number of hydrogen-bond acceptors (Lipinski definition) is 5. The smallest absolute Gasteiger partial charge is 0.414 e. The molecular formula is C13H26N2O6S. The summed E-state index contributed by atoms with van der Waals surface area (Å²) in [5, 5.41) is 14.8. The SMILES string of the molecule is CCC(CC)N1CCN(S(=O)(=O)CC)CC1.O=C(O)C(=O)O. The molecule has 8 nitrogen and oxygen atoms in total. The molecule has 0 bridgehead atoms. The number of sulfonamides is 1. The third-order valence-corrected chi connectivity index (χ3v) is 5.55. The molecule has 0 atom stereocenters. The van der Waals surface area contributed by atoms with Crippen LogP contribution in [0.3, 0.4) is 0 Å². The summed E-state index contributed by atoms with van der Waals surface area (Å²) < 4.78 is 25.0. The predicted molar refractivity (Wildman–Crippen MR) is 82.2 cm³/mol. The van der Waals surface area contributed by atoms with E-state index in [0.717, 1.165) is 25.9 Å². The normalized spacial score (nSPS) is 16.9. The number of piperazine rings is 1.